The molecular weight excluding hydrogens is 220 g/mol. The van der Waals surface area contributed by atoms with Crippen molar-refractivity contribution in [2.24, 2.45) is 22.2 Å². The molecule has 1 aliphatic heterocycles. The fourth-order valence-corrected chi connectivity index (χ4v) is 3.19. The molecule has 1 heteroatoms. The normalized spacial score (nSPS) is 30.8. The van der Waals surface area contributed by atoms with Gasteiger partial charge in [0.2, 0.25) is 0 Å². The smallest absolute Gasteiger partial charge is 0.0661 e. The van der Waals surface area contributed by atoms with E-state index < -0.39 is 0 Å². The van der Waals surface area contributed by atoms with Crippen molar-refractivity contribution in [1.82, 2.24) is 0 Å². The minimum atomic E-state index is 0.241. The van der Waals surface area contributed by atoms with Crippen LogP contribution in [0.25, 0.3) is 0 Å². The number of ether oxygens (including phenoxy) is 1. The van der Waals surface area contributed by atoms with Crippen LogP contribution < -0.4 is 0 Å². The van der Waals surface area contributed by atoms with Gasteiger partial charge in [-0.3, -0.25) is 0 Å². The van der Waals surface area contributed by atoms with E-state index in [0.717, 1.165) is 0 Å². The van der Waals surface area contributed by atoms with Gasteiger partial charge < -0.3 is 4.74 Å². The van der Waals surface area contributed by atoms with Crippen LogP contribution in [0.4, 0.5) is 0 Å². The average molecular weight is 254 g/mol. The van der Waals surface area contributed by atoms with E-state index >= 15 is 0 Å². The van der Waals surface area contributed by atoms with E-state index in [1.54, 1.807) is 0 Å². The summed E-state index contributed by atoms with van der Waals surface area (Å²) in [5.74, 6) is 0.671. The van der Waals surface area contributed by atoms with Gasteiger partial charge >= 0.3 is 0 Å². The Morgan fingerprint density at radius 3 is 1.61 bits per heavy atom. The Hall–Kier alpha value is -0.0400. The third kappa shape index (κ3) is 4.26. The van der Waals surface area contributed by atoms with E-state index in [1.165, 1.54) is 12.8 Å². The molecule has 0 saturated carbocycles. The minimum Gasteiger partial charge on any atom is -0.374 e. The second-order valence-corrected chi connectivity index (χ2v) is 9.52. The van der Waals surface area contributed by atoms with E-state index in [0.29, 0.717) is 29.0 Å². The molecule has 0 aromatic carbocycles. The Labute approximate surface area is 115 Å². The molecule has 1 nitrogen and oxygen atoms in total. The number of hydrogen-bond donors (Lipinski definition) is 0. The van der Waals surface area contributed by atoms with Crippen LogP contribution in [-0.4, -0.2) is 12.2 Å². The third-order valence-electron chi connectivity index (χ3n) is 4.03. The van der Waals surface area contributed by atoms with Gasteiger partial charge in [-0.2, -0.15) is 0 Å². The van der Waals surface area contributed by atoms with E-state index in [4.69, 9.17) is 4.74 Å². The summed E-state index contributed by atoms with van der Waals surface area (Å²) in [6.45, 7) is 21.0. The van der Waals surface area contributed by atoms with Crippen molar-refractivity contribution in [1.29, 1.82) is 0 Å². The topological polar surface area (TPSA) is 9.23 Å². The van der Waals surface area contributed by atoms with Gasteiger partial charge in [-0.15, -0.1) is 0 Å². The van der Waals surface area contributed by atoms with Crippen LogP contribution >= 0.6 is 0 Å². The molecule has 0 aromatic rings. The molecule has 0 amide bonds. The van der Waals surface area contributed by atoms with E-state index in [-0.39, 0.29) is 5.41 Å². The summed E-state index contributed by atoms with van der Waals surface area (Å²) in [6, 6.07) is 0. The zero-order valence-corrected chi connectivity index (χ0v) is 14.1. The van der Waals surface area contributed by atoms with Gasteiger partial charge in [0.25, 0.3) is 0 Å². The standard InChI is InChI=1S/C17H34O/c1-15(2,3)11-12-10-13(16(4,5)6)14(18-12)17(7,8)9/h12-14H,10-11H2,1-9H3/t12-,13-,14+/m0/s1. The van der Waals surface area contributed by atoms with Crippen molar-refractivity contribution >= 4 is 0 Å². The fourth-order valence-electron chi connectivity index (χ4n) is 3.19. The fraction of sp³-hybridized carbons (Fsp3) is 1.00. The SMILES string of the molecule is CC(C)(C)C[C@@H]1C[C@H](C(C)(C)C)[C@H](C(C)(C)C)O1. The molecular formula is C17H34O. The average Bonchev–Trinajstić information content (AvgIpc) is 2.42. The van der Waals surface area contributed by atoms with Crippen LogP contribution in [0.1, 0.15) is 75.2 Å². The van der Waals surface area contributed by atoms with Crippen LogP contribution in [0, 0.1) is 22.2 Å². The summed E-state index contributed by atoms with van der Waals surface area (Å²) in [6.07, 6.45) is 3.23. The number of hydrogen-bond acceptors (Lipinski definition) is 1. The predicted molar refractivity (Wildman–Crippen MR) is 79.8 cm³/mol. The molecule has 0 bridgehead atoms. The lowest BCUT2D eigenvalue weighted by Crippen LogP contribution is -2.37. The zero-order valence-electron chi connectivity index (χ0n) is 14.1. The van der Waals surface area contributed by atoms with Crippen molar-refractivity contribution in [3.8, 4) is 0 Å². The first-order valence-corrected chi connectivity index (χ1v) is 7.46. The van der Waals surface area contributed by atoms with Gasteiger partial charge in [-0.1, -0.05) is 62.3 Å². The summed E-state index contributed by atoms with van der Waals surface area (Å²) >= 11 is 0. The molecule has 1 fully saturated rings. The quantitative estimate of drug-likeness (QED) is 0.618. The molecule has 0 unspecified atom stereocenters. The van der Waals surface area contributed by atoms with Crippen LogP contribution in [-0.2, 0) is 4.74 Å². The van der Waals surface area contributed by atoms with Crippen molar-refractivity contribution in [3.63, 3.8) is 0 Å². The summed E-state index contributed by atoms with van der Waals surface area (Å²) in [5, 5.41) is 0. The molecule has 1 rings (SSSR count). The summed E-state index contributed by atoms with van der Waals surface area (Å²) < 4.78 is 6.44. The molecule has 3 atom stereocenters. The molecule has 1 heterocycles. The molecule has 0 spiro atoms. The van der Waals surface area contributed by atoms with Gasteiger partial charge in [0.05, 0.1) is 12.2 Å². The molecule has 18 heavy (non-hydrogen) atoms. The Morgan fingerprint density at radius 1 is 0.833 bits per heavy atom. The lowest BCUT2D eigenvalue weighted by molar-refractivity contribution is -0.0545. The van der Waals surface area contributed by atoms with Gasteiger partial charge in [0.1, 0.15) is 0 Å². The van der Waals surface area contributed by atoms with Crippen molar-refractivity contribution in [3.05, 3.63) is 0 Å². The Kier molecular flexibility index (Phi) is 4.28. The highest BCUT2D eigenvalue weighted by molar-refractivity contribution is 4.95. The lowest BCUT2D eigenvalue weighted by Gasteiger charge is -2.38. The number of rotatable bonds is 1. The molecule has 1 aliphatic rings. The summed E-state index contributed by atoms with van der Waals surface area (Å²) in [7, 11) is 0. The second kappa shape index (κ2) is 4.81. The maximum atomic E-state index is 6.44. The molecule has 0 radical (unpaired) electrons. The predicted octanol–water partition coefficient (Wildman–Crippen LogP) is 5.29. The summed E-state index contributed by atoms with van der Waals surface area (Å²) in [4.78, 5) is 0. The monoisotopic (exact) mass is 254 g/mol. The van der Waals surface area contributed by atoms with E-state index in [9.17, 15) is 0 Å². The maximum absolute atomic E-state index is 6.44. The second-order valence-electron chi connectivity index (χ2n) is 9.52. The zero-order chi connectivity index (χ0) is 14.4. The van der Waals surface area contributed by atoms with E-state index in [1.807, 2.05) is 0 Å². The molecule has 0 aliphatic carbocycles. The highest BCUT2D eigenvalue weighted by Crippen LogP contribution is 2.48. The van der Waals surface area contributed by atoms with Crippen LogP contribution in [0.2, 0.25) is 0 Å². The van der Waals surface area contributed by atoms with Gasteiger partial charge in [0.15, 0.2) is 0 Å². The van der Waals surface area contributed by atoms with Crippen LogP contribution in [0.3, 0.4) is 0 Å². The van der Waals surface area contributed by atoms with Crippen molar-refractivity contribution < 1.29 is 4.74 Å². The van der Waals surface area contributed by atoms with Crippen LogP contribution in [0.5, 0.6) is 0 Å². The van der Waals surface area contributed by atoms with Crippen molar-refractivity contribution in [2.45, 2.75) is 87.4 Å². The Balaban J connectivity index is 2.84. The van der Waals surface area contributed by atoms with Gasteiger partial charge in [0, 0.05) is 0 Å². The first kappa shape index (κ1) is 16.0. The first-order valence-electron chi connectivity index (χ1n) is 7.46. The largest absolute Gasteiger partial charge is 0.374 e. The third-order valence-corrected chi connectivity index (χ3v) is 4.03. The Bertz CT molecular complexity index is 249. The highest BCUT2D eigenvalue weighted by Gasteiger charge is 2.47. The van der Waals surface area contributed by atoms with E-state index in [2.05, 4.69) is 62.3 Å². The molecule has 0 N–H and O–H groups in total. The molecule has 0 aromatic heterocycles. The molecule has 1 saturated heterocycles. The minimum absolute atomic E-state index is 0.241. The van der Waals surface area contributed by atoms with Gasteiger partial charge in [-0.25, -0.2) is 0 Å². The lowest BCUT2D eigenvalue weighted by atomic mass is 9.69. The van der Waals surface area contributed by atoms with Crippen LogP contribution in [0.15, 0.2) is 0 Å². The molecule has 108 valence electrons. The highest BCUT2D eigenvalue weighted by atomic mass is 16.5. The Morgan fingerprint density at radius 2 is 1.33 bits per heavy atom. The maximum Gasteiger partial charge on any atom is 0.0661 e. The van der Waals surface area contributed by atoms with Gasteiger partial charge in [-0.05, 0) is 35.0 Å². The first-order chi connectivity index (χ1) is 7.81. The summed E-state index contributed by atoms with van der Waals surface area (Å²) in [5.41, 5.74) is 0.940. The van der Waals surface area contributed by atoms with Crippen molar-refractivity contribution in [2.75, 3.05) is 0 Å².